The Morgan fingerprint density at radius 2 is 0.956 bits per heavy atom. The van der Waals surface area contributed by atoms with Gasteiger partial charge in [0.15, 0.2) is 0 Å². The molecular weight excluding hydrogens is 546 g/mol. The molecule has 0 aliphatic heterocycles. The van der Waals surface area contributed by atoms with Crippen molar-refractivity contribution in [3.8, 4) is 44.6 Å². The Labute approximate surface area is 260 Å². The zero-order valence-electron chi connectivity index (χ0n) is 24.4. The van der Waals surface area contributed by atoms with E-state index in [4.69, 9.17) is 4.98 Å². The van der Waals surface area contributed by atoms with Crippen LogP contribution in [-0.4, -0.2) is 14.4 Å². The van der Waals surface area contributed by atoms with Crippen LogP contribution in [0.5, 0.6) is 0 Å². The molecule has 6 aromatic carbocycles. The zero-order chi connectivity index (χ0) is 29.7. The molecule has 0 radical (unpaired) electrons. The summed E-state index contributed by atoms with van der Waals surface area (Å²) < 4.78 is 2.31. The van der Waals surface area contributed by atoms with Crippen LogP contribution in [0.3, 0.4) is 0 Å². The minimum absolute atomic E-state index is 0.979. The van der Waals surface area contributed by atoms with Gasteiger partial charge in [-0.2, -0.15) is 0 Å². The number of nitrogens with zero attached hydrogens (tertiary/aromatic N) is 3. The van der Waals surface area contributed by atoms with E-state index in [-0.39, 0.29) is 0 Å². The molecule has 9 rings (SSSR count). The molecule has 210 valence electrons. The van der Waals surface area contributed by atoms with Gasteiger partial charge in [0, 0.05) is 22.5 Å². The van der Waals surface area contributed by atoms with Crippen molar-refractivity contribution in [3.63, 3.8) is 0 Å². The van der Waals surface area contributed by atoms with Crippen molar-refractivity contribution in [1.29, 1.82) is 0 Å². The van der Waals surface area contributed by atoms with Gasteiger partial charge in [0.2, 0.25) is 0 Å². The molecule has 3 heterocycles. The third-order valence-corrected chi connectivity index (χ3v) is 8.85. The Bertz CT molecular complexity index is 2490. The number of pyridine rings is 2. The molecule has 0 unspecified atom stereocenters. The third-order valence-electron chi connectivity index (χ3n) is 8.85. The van der Waals surface area contributed by atoms with E-state index < -0.39 is 0 Å². The van der Waals surface area contributed by atoms with Crippen LogP contribution in [0, 0.1) is 0 Å². The van der Waals surface area contributed by atoms with Crippen molar-refractivity contribution in [3.05, 3.63) is 164 Å². The molecule has 0 bridgehead atoms. The number of rotatable bonds is 4. The molecule has 0 saturated heterocycles. The van der Waals surface area contributed by atoms with Crippen LogP contribution < -0.4 is 0 Å². The molecule has 0 aliphatic rings. The van der Waals surface area contributed by atoms with Crippen LogP contribution in [0.1, 0.15) is 0 Å². The lowest BCUT2D eigenvalue weighted by atomic mass is 9.95. The first kappa shape index (κ1) is 25.4. The average molecular weight is 574 g/mol. The number of aromatic nitrogens is 3. The highest BCUT2D eigenvalue weighted by Gasteiger charge is 2.15. The van der Waals surface area contributed by atoms with Crippen LogP contribution in [-0.2, 0) is 0 Å². The van der Waals surface area contributed by atoms with Crippen molar-refractivity contribution in [2.75, 3.05) is 0 Å². The maximum absolute atomic E-state index is 5.12. The van der Waals surface area contributed by atoms with E-state index in [1.807, 2.05) is 24.4 Å². The lowest BCUT2D eigenvalue weighted by molar-refractivity contribution is 1.31. The zero-order valence-corrected chi connectivity index (χ0v) is 24.4. The van der Waals surface area contributed by atoms with Crippen molar-refractivity contribution >= 4 is 38.4 Å². The van der Waals surface area contributed by atoms with Gasteiger partial charge in [0.1, 0.15) is 5.65 Å². The van der Waals surface area contributed by atoms with Crippen LogP contribution >= 0.6 is 0 Å². The normalized spacial score (nSPS) is 11.6. The van der Waals surface area contributed by atoms with Crippen LogP contribution in [0.15, 0.2) is 164 Å². The molecule has 3 nitrogen and oxygen atoms in total. The van der Waals surface area contributed by atoms with Gasteiger partial charge >= 0.3 is 0 Å². The number of fused-ring (bicyclic) bond motifs is 8. The molecule has 0 aliphatic carbocycles. The molecule has 0 saturated carbocycles. The minimum atomic E-state index is 0.979. The van der Waals surface area contributed by atoms with Gasteiger partial charge in [-0.1, -0.05) is 109 Å². The van der Waals surface area contributed by atoms with E-state index in [0.717, 1.165) is 38.8 Å². The largest absolute Gasteiger partial charge is 0.292 e. The molecule has 3 heteroatoms. The SMILES string of the molecule is c1ccc(-c2ccc(-c3ccc4c(c3)c3cc(-c5ccc(-c6ccccn6)cc5)ccc3n3c5ccccc5nc43)cc2)cc1. The Hall–Kier alpha value is -6.06. The minimum Gasteiger partial charge on any atom is -0.292 e. The molecule has 3 aromatic heterocycles. The highest BCUT2D eigenvalue weighted by Crippen LogP contribution is 2.37. The van der Waals surface area contributed by atoms with Gasteiger partial charge in [0.05, 0.1) is 22.2 Å². The molecule has 0 amide bonds. The second-order valence-corrected chi connectivity index (χ2v) is 11.5. The number of hydrogen-bond donors (Lipinski definition) is 0. The summed E-state index contributed by atoms with van der Waals surface area (Å²) in [6.45, 7) is 0. The lowest BCUT2D eigenvalue weighted by Crippen LogP contribution is -1.93. The van der Waals surface area contributed by atoms with Gasteiger partial charge in [-0.05, 0) is 87.3 Å². The Morgan fingerprint density at radius 1 is 0.378 bits per heavy atom. The Kier molecular flexibility index (Phi) is 5.82. The summed E-state index contributed by atoms with van der Waals surface area (Å²) in [5.74, 6) is 0. The molecule has 0 fully saturated rings. The molecule has 0 atom stereocenters. The monoisotopic (exact) mass is 573 g/mol. The van der Waals surface area contributed by atoms with E-state index in [2.05, 4.69) is 149 Å². The van der Waals surface area contributed by atoms with E-state index >= 15 is 0 Å². The van der Waals surface area contributed by atoms with Gasteiger partial charge < -0.3 is 0 Å². The molecule has 0 spiro atoms. The molecule has 0 N–H and O–H groups in total. The topological polar surface area (TPSA) is 30.2 Å². The number of hydrogen-bond acceptors (Lipinski definition) is 2. The first-order chi connectivity index (χ1) is 22.3. The highest BCUT2D eigenvalue weighted by atomic mass is 15.0. The second-order valence-electron chi connectivity index (χ2n) is 11.5. The maximum atomic E-state index is 5.12. The van der Waals surface area contributed by atoms with Gasteiger partial charge in [-0.15, -0.1) is 0 Å². The van der Waals surface area contributed by atoms with Crippen molar-refractivity contribution < 1.29 is 0 Å². The number of benzene rings is 6. The average Bonchev–Trinajstić information content (AvgIpc) is 3.52. The molecule has 9 aromatic rings. The van der Waals surface area contributed by atoms with Crippen LogP contribution in [0.2, 0.25) is 0 Å². The van der Waals surface area contributed by atoms with Crippen LogP contribution in [0.25, 0.3) is 83.0 Å². The Morgan fingerprint density at radius 3 is 1.69 bits per heavy atom. The van der Waals surface area contributed by atoms with Gasteiger partial charge in [0.25, 0.3) is 0 Å². The summed E-state index contributed by atoms with van der Waals surface area (Å²) in [7, 11) is 0. The summed E-state index contributed by atoms with van der Waals surface area (Å²) in [6, 6.07) is 56.1. The summed E-state index contributed by atoms with van der Waals surface area (Å²) in [5.41, 5.74) is 13.5. The Balaban J connectivity index is 1.23. The first-order valence-corrected chi connectivity index (χ1v) is 15.2. The molecule has 45 heavy (non-hydrogen) atoms. The lowest BCUT2D eigenvalue weighted by Gasteiger charge is -2.13. The molecular formula is C42H27N3. The maximum Gasteiger partial charge on any atom is 0.146 e. The van der Waals surface area contributed by atoms with E-state index in [1.165, 1.54) is 44.2 Å². The van der Waals surface area contributed by atoms with Crippen molar-refractivity contribution in [2.45, 2.75) is 0 Å². The van der Waals surface area contributed by atoms with Crippen molar-refractivity contribution in [2.24, 2.45) is 0 Å². The van der Waals surface area contributed by atoms with E-state index in [9.17, 15) is 0 Å². The summed E-state index contributed by atoms with van der Waals surface area (Å²) in [6.07, 6.45) is 1.84. The van der Waals surface area contributed by atoms with E-state index in [0.29, 0.717) is 0 Å². The van der Waals surface area contributed by atoms with Gasteiger partial charge in [-0.25, -0.2) is 4.98 Å². The second kappa shape index (κ2) is 10.3. The summed E-state index contributed by atoms with van der Waals surface area (Å²) in [4.78, 5) is 9.64. The predicted molar refractivity (Wildman–Crippen MR) is 187 cm³/mol. The summed E-state index contributed by atoms with van der Waals surface area (Å²) in [5, 5.41) is 3.55. The van der Waals surface area contributed by atoms with Crippen LogP contribution in [0.4, 0.5) is 0 Å². The van der Waals surface area contributed by atoms with Crippen molar-refractivity contribution in [1.82, 2.24) is 14.4 Å². The van der Waals surface area contributed by atoms with E-state index in [1.54, 1.807) is 0 Å². The summed E-state index contributed by atoms with van der Waals surface area (Å²) >= 11 is 0. The smallest absolute Gasteiger partial charge is 0.146 e. The quantitative estimate of drug-likeness (QED) is 0.196. The fourth-order valence-corrected chi connectivity index (χ4v) is 6.57. The number of para-hydroxylation sites is 2. The number of imidazole rings is 1. The fraction of sp³-hybridized carbons (Fsp3) is 0. The first-order valence-electron chi connectivity index (χ1n) is 15.2. The fourth-order valence-electron chi connectivity index (χ4n) is 6.57. The van der Waals surface area contributed by atoms with Gasteiger partial charge in [-0.3, -0.25) is 9.38 Å². The highest BCUT2D eigenvalue weighted by molar-refractivity contribution is 6.15. The third kappa shape index (κ3) is 4.29. The standard InChI is InChI=1S/C42H27N3/c1-2-8-28(9-3-1)29-13-15-30(16-14-29)33-21-23-35-36(26-33)37-27-34(31-17-19-32(20-18-31)38-10-6-7-25-43-38)22-24-40(37)45-41-12-5-4-11-39(41)44-42(35)45/h1-27H. The predicted octanol–water partition coefficient (Wildman–Crippen LogP) is 10.9.